The number of quaternary nitrogens is 1. The van der Waals surface area contributed by atoms with Crippen LogP contribution in [-0.2, 0) is 9.47 Å². The Bertz CT molecular complexity index is 147. The van der Waals surface area contributed by atoms with Gasteiger partial charge in [0.05, 0.1) is 6.61 Å². The van der Waals surface area contributed by atoms with Gasteiger partial charge in [-0.1, -0.05) is 0 Å². The molecule has 78 valence electrons. The van der Waals surface area contributed by atoms with Crippen molar-refractivity contribution in [3.8, 4) is 0 Å². The molecule has 0 aromatic rings. The molecule has 1 saturated heterocycles. The lowest BCUT2D eigenvalue weighted by molar-refractivity contribution is -0.488. The predicted octanol–water partition coefficient (Wildman–Crippen LogP) is -3.32. The van der Waals surface area contributed by atoms with E-state index in [1.165, 1.54) is 7.11 Å². The third kappa shape index (κ3) is 1.98. The van der Waals surface area contributed by atoms with Crippen LogP contribution in [0.15, 0.2) is 0 Å². The summed E-state index contributed by atoms with van der Waals surface area (Å²) in [5, 5.41) is 27.8. The van der Waals surface area contributed by atoms with Crippen LogP contribution in [0, 0.1) is 0 Å². The van der Waals surface area contributed by atoms with E-state index < -0.39 is 30.6 Å². The van der Waals surface area contributed by atoms with Gasteiger partial charge in [-0.2, -0.15) is 0 Å². The molecule has 0 aromatic carbocycles. The Morgan fingerprint density at radius 3 is 2.46 bits per heavy atom. The van der Waals surface area contributed by atoms with Gasteiger partial charge in [-0.3, -0.25) is 0 Å². The number of rotatable bonds is 2. The van der Waals surface area contributed by atoms with E-state index in [9.17, 15) is 10.2 Å². The molecule has 0 aliphatic carbocycles. The molecule has 0 aromatic heterocycles. The monoisotopic (exact) mass is 194 g/mol. The van der Waals surface area contributed by atoms with Crippen molar-refractivity contribution in [2.45, 2.75) is 30.6 Å². The van der Waals surface area contributed by atoms with E-state index in [-0.39, 0.29) is 6.61 Å². The Hall–Kier alpha value is -0.240. The molecule has 0 bridgehead atoms. The molecule has 0 saturated carbocycles. The van der Waals surface area contributed by atoms with E-state index in [1.54, 1.807) is 0 Å². The zero-order valence-electron chi connectivity index (χ0n) is 7.46. The van der Waals surface area contributed by atoms with E-state index in [4.69, 9.17) is 14.6 Å². The van der Waals surface area contributed by atoms with Gasteiger partial charge >= 0.3 is 0 Å². The topological polar surface area (TPSA) is 107 Å². The zero-order chi connectivity index (χ0) is 10.0. The first-order valence-electron chi connectivity index (χ1n) is 4.10. The minimum absolute atomic E-state index is 0.320. The van der Waals surface area contributed by atoms with Gasteiger partial charge in [0, 0.05) is 7.11 Å². The van der Waals surface area contributed by atoms with Crippen molar-refractivity contribution < 1.29 is 30.5 Å². The van der Waals surface area contributed by atoms with Crippen molar-refractivity contribution in [3.63, 3.8) is 0 Å². The first kappa shape index (κ1) is 10.8. The maximum Gasteiger partial charge on any atom is 0.189 e. The van der Waals surface area contributed by atoms with Crippen molar-refractivity contribution in [1.29, 1.82) is 0 Å². The average Bonchev–Trinajstić information content (AvgIpc) is 2.15. The lowest BCUT2D eigenvalue weighted by Crippen LogP contribution is -2.78. The van der Waals surface area contributed by atoms with Crippen LogP contribution in [0.25, 0.3) is 0 Å². The summed E-state index contributed by atoms with van der Waals surface area (Å²) in [7, 11) is 1.38. The summed E-state index contributed by atoms with van der Waals surface area (Å²) < 4.78 is 9.89. The second kappa shape index (κ2) is 4.32. The molecule has 0 radical (unpaired) electrons. The Morgan fingerprint density at radius 1 is 1.38 bits per heavy atom. The second-order valence-corrected chi connectivity index (χ2v) is 3.11. The van der Waals surface area contributed by atoms with E-state index in [0.29, 0.717) is 0 Å². The van der Waals surface area contributed by atoms with Gasteiger partial charge in [-0.15, -0.1) is 0 Å². The fourth-order valence-electron chi connectivity index (χ4n) is 1.36. The summed E-state index contributed by atoms with van der Waals surface area (Å²) in [6, 6.07) is -0.615. The highest BCUT2D eigenvalue weighted by molar-refractivity contribution is 4.87. The molecule has 1 heterocycles. The number of hydrogen-bond acceptors (Lipinski definition) is 5. The molecule has 0 amide bonds. The Morgan fingerprint density at radius 2 is 2.00 bits per heavy atom. The summed E-state index contributed by atoms with van der Waals surface area (Å²) in [6.45, 7) is -0.320. The molecule has 6 heteroatoms. The van der Waals surface area contributed by atoms with Crippen LogP contribution in [0.5, 0.6) is 0 Å². The van der Waals surface area contributed by atoms with Crippen LogP contribution in [-0.4, -0.2) is 59.7 Å². The fourth-order valence-corrected chi connectivity index (χ4v) is 1.36. The highest BCUT2D eigenvalue weighted by Gasteiger charge is 2.45. The van der Waals surface area contributed by atoms with E-state index in [1.807, 2.05) is 0 Å². The Labute approximate surface area is 75.9 Å². The number of hydrogen-bond donors (Lipinski definition) is 4. The van der Waals surface area contributed by atoms with Gasteiger partial charge in [0.25, 0.3) is 0 Å². The molecule has 0 unspecified atom stereocenters. The van der Waals surface area contributed by atoms with Gasteiger partial charge in [0.15, 0.2) is 12.4 Å². The van der Waals surface area contributed by atoms with Crippen molar-refractivity contribution in [1.82, 2.24) is 0 Å². The number of aliphatic hydroxyl groups excluding tert-OH is 3. The van der Waals surface area contributed by atoms with E-state index >= 15 is 0 Å². The molecule has 1 rings (SSSR count). The van der Waals surface area contributed by atoms with Crippen molar-refractivity contribution in [3.05, 3.63) is 0 Å². The van der Waals surface area contributed by atoms with Crippen molar-refractivity contribution >= 4 is 0 Å². The summed E-state index contributed by atoms with van der Waals surface area (Å²) in [5.41, 5.74) is 3.58. The van der Waals surface area contributed by atoms with Gasteiger partial charge in [-0.25, -0.2) is 0 Å². The van der Waals surface area contributed by atoms with Gasteiger partial charge < -0.3 is 30.5 Å². The lowest BCUT2D eigenvalue weighted by atomic mass is 9.97. The molecule has 1 aliphatic heterocycles. The van der Waals surface area contributed by atoms with Gasteiger partial charge in [-0.05, 0) is 0 Å². The minimum Gasteiger partial charge on any atom is -0.394 e. The number of ether oxygens (including phenoxy) is 2. The molecule has 5 atom stereocenters. The molecule has 13 heavy (non-hydrogen) atoms. The molecule has 1 fully saturated rings. The standard InChI is InChI=1S/C7H15NO5/c1-12-7-6(11)4(8)5(10)3(2-9)13-7/h3-7,9-11H,2,8H2,1H3/p+1/t3-,4+,5-,6-,7-/m1/s1. The summed E-state index contributed by atoms with van der Waals surface area (Å²) in [6.07, 6.45) is -3.51. The SMILES string of the molecule is CO[C@@H]1O[C@H](CO)[C@@H](O)[C@H]([NH3+])[C@H]1O. The third-order valence-corrected chi connectivity index (χ3v) is 2.26. The van der Waals surface area contributed by atoms with Crippen LogP contribution in [0.3, 0.4) is 0 Å². The Kier molecular flexibility index (Phi) is 3.60. The third-order valence-electron chi connectivity index (χ3n) is 2.26. The normalized spacial score (nSPS) is 46.4. The highest BCUT2D eigenvalue weighted by atomic mass is 16.7. The average molecular weight is 194 g/mol. The zero-order valence-corrected chi connectivity index (χ0v) is 7.46. The van der Waals surface area contributed by atoms with Crippen molar-refractivity contribution in [2.75, 3.05) is 13.7 Å². The minimum atomic E-state index is -0.970. The number of methoxy groups -OCH3 is 1. The second-order valence-electron chi connectivity index (χ2n) is 3.11. The van der Waals surface area contributed by atoms with E-state index in [2.05, 4.69) is 5.73 Å². The maximum atomic E-state index is 9.47. The van der Waals surface area contributed by atoms with Crippen LogP contribution in [0.4, 0.5) is 0 Å². The first-order chi connectivity index (χ1) is 6.11. The molecule has 1 aliphatic rings. The molecule has 6 N–H and O–H groups in total. The van der Waals surface area contributed by atoms with Crippen LogP contribution >= 0.6 is 0 Å². The Balaban J connectivity index is 2.66. The summed E-state index contributed by atoms with van der Waals surface area (Å²) in [4.78, 5) is 0. The van der Waals surface area contributed by atoms with Crippen molar-refractivity contribution in [2.24, 2.45) is 0 Å². The smallest absolute Gasteiger partial charge is 0.189 e. The highest BCUT2D eigenvalue weighted by Crippen LogP contribution is 2.18. The predicted molar refractivity (Wildman–Crippen MR) is 41.4 cm³/mol. The summed E-state index contributed by atoms with van der Waals surface area (Å²) in [5.74, 6) is 0. The molecule has 0 spiro atoms. The lowest BCUT2D eigenvalue weighted by Gasteiger charge is -2.37. The van der Waals surface area contributed by atoms with Gasteiger partial charge in [0.1, 0.15) is 18.2 Å². The quantitative estimate of drug-likeness (QED) is 0.368. The summed E-state index contributed by atoms with van der Waals surface area (Å²) >= 11 is 0. The molecule has 6 nitrogen and oxygen atoms in total. The van der Waals surface area contributed by atoms with Crippen LogP contribution < -0.4 is 5.73 Å². The first-order valence-corrected chi connectivity index (χ1v) is 4.10. The van der Waals surface area contributed by atoms with Crippen LogP contribution in [0.2, 0.25) is 0 Å². The fraction of sp³-hybridized carbons (Fsp3) is 1.00. The maximum absolute atomic E-state index is 9.47. The molecular weight excluding hydrogens is 178 g/mol. The molecular formula is C7H16NO5+. The largest absolute Gasteiger partial charge is 0.394 e. The van der Waals surface area contributed by atoms with Gasteiger partial charge in [0.2, 0.25) is 0 Å². The van der Waals surface area contributed by atoms with E-state index in [0.717, 1.165) is 0 Å². The van der Waals surface area contributed by atoms with Crippen LogP contribution in [0.1, 0.15) is 0 Å². The number of aliphatic hydroxyl groups is 3.